The number of methoxy groups -OCH3 is 1. The normalized spacial score (nSPS) is 12.6. The predicted octanol–water partition coefficient (Wildman–Crippen LogP) is 4.36. The summed E-state index contributed by atoms with van der Waals surface area (Å²) < 4.78 is 5.51. The van der Waals surface area contributed by atoms with Gasteiger partial charge in [-0.1, -0.05) is 91.0 Å². The van der Waals surface area contributed by atoms with Gasteiger partial charge in [-0.25, -0.2) is 0 Å². The molecule has 1 unspecified atom stereocenters. The Morgan fingerprint density at radius 3 is 1.57 bits per heavy atom. The number of benzene rings is 3. The lowest BCUT2D eigenvalue weighted by Crippen LogP contribution is -2.51. The fourth-order valence-corrected chi connectivity index (χ4v) is 3.86. The highest BCUT2D eigenvalue weighted by atomic mass is 16.5. The van der Waals surface area contributed by atoms with E-state index < -0.39 is 5.54 Å². The van der Waals surface area contributed by atoms with Gasteiger partial charge in [-0.15, -0.1) is 0 Å². The molecule has 0 radical (unpaired) electrons. The lowest BCUT2D eigenvalue weighted by atomic mass is 9.76. The predicted molar refractivity (Wildman–Crippen MR) is 114 cm³/mol. The van der Waals surface area contributed by atoms with Gasteiger partial charge in [-0.05, 0) is 29.5 Å². The summed E-state index contributed by atoms with van der Waals surface area (Å²) in [6.07, 6.45) is 1.56. The molecule has 3 nitrogen and oxygen atoms in total. The molecule has 0 aliphatic heterocycles. The van der Waals surface area contributed by atoms with E-state index >= 15 is 0 Å². The molecule has 3 aromatic carbocycles. The van der Waals surface area contributed by atoms with E-state index in [0.29, 0.717) is 6.61 Å². The Kier molecular flexibility index (Phi) is 7.38. The monoisotopic (exact) mass is 375 g/mol. The van der Waals surface area contributed by atoms with E-state index in [4.69, 9.17) is 4.74 Å². The van der Waals surface area contributed by atoms with Crippen molar-refractivity contribution >= 4 is 0 Å². The summed E-state index contributed by atoms with van der Waals surface area (Å²) in [5.74, 6) is 0. The molecule has 3 rings (SSSR count). The van der Waals surface area contributed by atoms with Crippen LogP contribution in [0.15, 0.2) is 91.0 Å². The van der Waals surface area contributed by atoms with E-state index in [2.05, 4.69) is 78.1 Å². The van der Waals surface area contributed by atoms with E-state index in [-0.39, 0.29) is 12.6 Å². The molecule has 2 N–H and O–H groups in total. The number of nitrogens with one attached hydrogen (secondary N) is 1. The Morgan fingerprint density at radius 1 is 0.786 bits per heavy atom. The first-order valence-electron chi connectivity index (χ1n) is 9.85. The molecular formula is C25H29NO2. The van der Waals surface area contributed by atoms with Gasteiger partial charge in [0.25, 0.3) is 0 Å². The SMILES string of the molecule is COCC(CCCO)NC(c1ccccc1)(c1ccccc1)c1ccccc1. The maximum absolute atomic E-state index is 9.36. The van der Waals surface area contributed by atoms with Gasteiger partial charge < -0.3 is 9.84 Å². The van der Waals surface area contributed by atoms with Crippen LogP contribution in [0.1, 0.15) is 29.5 Å². The van der Waals surface area contributed by atoms with Gasteiger partial charge in [0.1, 0.15) is 0 Å². The topological polar surface area (TPSA) is 41.5 Å². The first-order chi connectivity index (χ1) is 13.8. The summed E-state index contributed by atoms with van der Waals surface area (Å²) in [6.45, 7) is 0.755. The first-order valence-corrected chi connectivity index (χ1v) is 9.85. The molecule has 1 atom stereocenters. The lowest BCUT2D eigenvalue weighted by molar-refractivity contribution is 0.146. The first kappa shape index (κ1) is 20.3. The van der Waals surface area contributed by atoms with Crippen LogP contribution < -0.4 is 5.32 Å². The van der Waals surface area contributed by atoms with Crippen LogP contribution in [0.3, 0.4) is 0 Å². The minimum atomic E-state index is -0.511. The van der Waals surface area contributed by atoms with Crippen molar-refractivity contribution in [2.45, 2.75) is 24.4 Å². The third-order valence-corrected chi connectivity index (χ3v) is 5.12. The molecule has 0 fully saturated rings. The largest absolute Gasteiger partial charge is 0.396 e. The van der Waals surface area contributed by atoms with Gasteiger partial charge in [0, 0.05) is 19.8 Å². The molecule has 0 spiro atoms. The molecular weight excluding hydrogens is 346 g/mol. The lowest BCUT2D eigenvalue weighted by Gasteiger charge is -2.40. The molecule has 146 valence electrons. The maximum atomic E-state index is 9.36. The van der Waals surface area contributed by atoms with Crippen molar-refractivity contribution < 1.29 is 9.84 Å². The quantitative estimate of drug-likeness (QED) is 0.518. The van der Waals surface area contributed by atoms with Crippen LogP contribution in [0.2, 0.25) is 0 Å². The highest BCUT2D eigenvalue weighted by Crippen LogP contribution is 2.37. The highest BCUT2D eigenvalue weighted by Gasteiger charge is 2.37. The summed E-state index contributed by atoms with van der Waals surface area (Å²) in [7, 11) is 1.73. The Morgan fingerprint density at radius 2 is 1.21 bits per heavy atom. The second-order valence-corrected chi connectivity index (χ2v) is 7.01. The average Bonchev–Trinajstić information content (AvgIpc) is 2.77. The van der Waals surface area contributed by atoms with Crippen molar-refractivity contribution in [1.82, 2.24) is 5.32 Å². The van der Waals surface area contributed by atoms with Gasteiger partial charge in [0.15, 0.2) is 0 Å². The number of hydrogen-bond donors (Lipinski definition) is 2. The van der Waals surface area contributed by atoms with E-state index in [1.165, 1.54) is 16.7 Å². The highest BCUT2D eigenvalue weighted by molar-refractivity contribution is 5.49. The molecule has 3 heteroatoms. The van der Waals surface area contributed by atoms with Crippen LogP contribution in [0, 0.1) is 0 Å². The summed E-state index contributed by atoms with van der Waals surface area (Å²) in [5, 5.41) is 13.3. The third kappa shape index (κ3) is 4.50. The molecule has 28 heavy (non-hydrogen) atoms. The smallest absolute Gasteiger partial charge is 0.0950 e. The van der Waals surface area contributed by atoms with Gasteiger partial charge >= 0.3 is 0 Å². The minimum absolute atomic E-state index is 0.0952. The van der Waals surface area contributed by atoms with Gasteiger partial charge in [0.2, 0.25) is 0 Å². The van der Waals surface area contributed by atoms with Crippen LogP contribution in [-0.4, -0.2) is 31.5 Å². The molecule has 0 saturated carbocycles. The second-order valence-electron chi connectivity index (χ2n) is 7.01. The Hall–Kier alpha value is -2.46. The minimum Gasteiger partial charge on any atom is -0.396 e. The van der Waals surface area contributed by atoms with Crippen LogP contribution >= 0.6 is 0 Å². The van der Waals surface area contributed by atoms with Crippen LogP contribution in [0.4, 0.5) is 0 Å². The van der Waals surface area contributed by atoms with Crippen molar-refractivity contribution in [1.29, 1.82) is 0 Å². The number of ether oxygens (including phenoxy) is 1. The average molecular weight is 376 g/mol. The number of rotatable bonds is 10. The van der Waals surface area contributed by atoms with E-state index in [9.17, 15) is 5.11 Å². The molecule has 0 saturated heterocycles. The maximum Gasteiger partial charge on any atom is 0.0950 e. The summed E-state index contributed by atoms with van der Waals surface area (Å²) in [5.41, 5.74) is 3.02. The molecule has 0 heterocycles. The molecule has 0 aliphatic rings. The molecule has 0 amide bonds. The number of aliphatic hydroxyl groups is 1. The molecule has 0 bridgehead atoms. The number of hydrogen-bond acceptors (Lipinski definition) is 3. The summed E-state index contributed by atoms with van der Waals surface area (Å²) in [4.78, 5) is 0. The van der Waals surface area contributed by atoms with Crippen molar-refractivity contribution in [2.24, 2.45) is 0 Å². The summed E-state index contributed by atoms with van der Waals surface area (Å²) >= 11 is 0. The van der Waals surface area contributed by atoms with Crippen LogP contribution in [-0.2, 0) is 10.3 Å². The Balaban J connectivity index is 2.18. The van der Waals surface area contributed by atoms with Crippen LogP contribution in [0.5, 0.6) is 0 Å². The fourth-order valence-electron chi connectivity index (χ4n) is 3.86. The van der Waals surface area contributed by atoms with Crippen molar-refractivity contribution in [3.8, 4) is 0 Å². The Labute approximate surface area is 168 Å². The van der Waals surface area contributed by atoms with Gasteiger partial charge in [-0.3, -0.25) is 5.32 Å². The van der Waals surface area contributed by atoms with E-state index in [1.54, 1.807) is 7.11 Å². The van der Waals surface area contributed by atoms with Crippen LogP contribution in [0.25, 0.3) is 0 Å². The van der Waals surface area contributed by atoms with E-state index in [0.717, 1.165) is 12.8 Å². The van der Waals surface area contributed by atoms with Crippen molar-refractivity contribution in [3.05, 3.63) is 108 Å². The van der Waals surface area contributed by atoms with Gasteiger partial charge in [0.05, 0.1) is 12.1 Å². The van der Waals surface area contributed by atoms with Gasteiger partial charge in [-0.2, -0.15) is 0 Å². The molecule has 0 aromatic heterocycles. The zero-order chi connectivity index (χ0) is 19.7. The standard InChI is InChI=1S/C25H29NO2/c1-28-20-24(18-11-19-27)26-25(21-12-5-2-6-13-21,22-14-7-3-8-15-22)23-16-9-4-10-17-23/h2-10,12-17,24,26-27H,11,18-20H2,1H3. The molecule has 3 aromatic rings. The van der Waals surface area contributed by atoms with Crippen molar-refractivity contribution in [3.63, 3.8) is 0 Å². The second kappa shape index (κ2) is 10.2. The zero-order valence-electron chi connectivity index (χ0n) is 16.4. The zero-order valence-corrected chi connectivity index (χ0v) is 16.4. The summed E-state index contributed by atoms with van der Waals surface area (Å²) in [6, 6.07) is 31.7. The molecule has 0 aliphatic carbocycles. The Bertz CT molecular complexity index is 709. The van der Waals surface area contributed by atoms with Crippen molar-refractivity contribution in [2.75, 3.05) is 20.3 Å². The third-order valence-electron chi connectivity index (χ3n) is 5.12. The van der Waals surface area contributed by atoms with E-state index in [1.807, 2.05) is 18.2 Å². The number of aliphatic hydroxyl groups excluding tert-OH is 1. The fraction of sp³-hybridized carbons (Fsp3) is 0.280.